The van der Waals surface area contributed by atoms with Crippen LogP contribution in [0.4, 0.5) is 0 Å². The average Bonchev–Trinajstić information content (AvgIpc) is 3.09. The SMILES string of the molecule is C=C1C(C)CCC2(C(=O)OC3OC(O)C(O)C(O)C3O)CCC3(C)C(=CCC4C5(C)CCC(OC6OCC(O)C(O)C6O)C(C)(C)C5CCC43C)C12. The van der Waals surface area contributed by atoms with Gasteiger partial charge in [0.2, 0.25) is 6.29 Å². The first kappa shape index (κ1) is 38.8. The third kappa shape index (κ3) is 5.40. The summed E-state index contributed by atoms with van der Waals surface area (Å²) in [5, 5.41) is 72.0. The molecule has 0 spiro atoms. The molecule has 4 saturated carbocycles. The van der Waals surface area contributed by atoms with Gasteiger partial charge in [-0.2, -0.15) is 0 Å². The Balaban J connectivity index is 1.17. The minimum Gasteiger partial charge on any atom is -0.432 e. The Morgan fingerprint density at radius 2 is 1.50 bits per heavy atom. The molecular formula is C40H62O12. The number of aliphatic hydroxyl groups is 7. The van der Waals surface area contributed by atoms with E-state index in [-0.39, 0.29) is 46.2 Å². The van der Waals surface area contributed by atoms with Crippen LogP contribution in [0.3, 0.4) is 0 Å². The first-order valence-electron chi connectivity index (χ1n) is 19.5. The van der Waals surface area contributed by atoms with Gasteiger partial charge in [0.15, 0.2) is 12.6 Å². The van der Waals surface area contributed by atoms with Gasteiger partial charge in [0.05, 0.1) is 18.1 Å². The van der Waals surface area contributed by atoms with E-state index in [1.807, 2.05) is 0 Å². The maximum atomic E-state index is 14.4. The summed E-state index contributed by atoms with van der Waals surface area (Å²) in [6.07, 6.45) is -4.04. The summed E-state index contributed by atoms with van der Waals surface area (Å²) in [6, 6.07) is 0. The third-order valence-electron chi connectivity index (χ3n) is 16.3. The highest BCUT2D eigenvalue weighted by atomic mass is 16.8. The molecule has 12 heteroatoms. The molecule has 5 aliphatic carbocycles. The highest BCUT2D eigenvalue weighted by Gasteiger charge is 2.70. The lowest BCUT2D eigenvalue weighted by Crippen LogP contribution is -2.66. The lowest BCUT2D eigenvalue weighted by molar-refractivity contribution is -0.334. The highest BCUT2D eigenvalue weighted by molar-refractivity contribution is 5.80. The van der Waals surface area contributed by atoms with Crippen molar-refractivity contribution in [2.45, 2.75) is 161 Å². The molecule has 2 heterocycles. The fraction of sp³-hybridized carbons (Fsp3) is 0.875. The van der Waals surface area contributed by atoms with Crippen LogP contribution in [0.2, 0.25) is 0 Å². The molecule has 2 saturated heterocycles. The van der Waals surface area contributed by atoms with Crippen LogP contribution in [0.1, 0.15) is 99.3 Å². The number of carbonyl (C=O) groups excluding carboxylic acids is 1. The normalized spacial score (nSPS) is 54.5. The number of rotatable bonds is 4. The van der Waals surface area contributed by atoms with Crippen molar-refractivity contribution >= 4 is 5.97 Å². The predicted octanol–water partition coefficient (Wildman–Crippen LogP) is 2.69. The first-order valence-corrected chi connectivity index (χ1v) is 19.5. The quantitative estimate of drug-likeness (QED) is 0.127. The van der Waals surface area contributed by atoms with Crippen LogP contribution in [0.5, 0.6) is 0 Å². The minimum absolute atomic E-state index is 0.0197. The fourth-order valence-corrected chi connectivity index (χ4v) is 12.8. The summed E-state index contributed by atoms with van der Waals surface area (Å²) in [5.41, 5.74) is 0.712. The second-order valence-corrected chi connectivity index (χ2v) is 18.9. The number of esters is 1. The largest absolute Gasteiger partial charge is 0.432 e. The monoisotopic (exact) mass is 734 g/mol. The van der Waals surface area contributed by atoms with Gasteiger partial charge in [-0.1, -0.05) is 65.3 Å². The van der Waals surface area contributed by atoms with Crippen molar-refractivity contribution in [1.82, 2.24) is 0 Å². The molecular weight excluding hydrogens is 672 g/mol. The van der Waals surface area contributed by atoms with E-state index in [0.717, 1.165) is 50.5 Å². The zero-order chi connectivity index (χ0) is 37.9. The molecule has 0 bridgehead atoms. The van der Waals surface area contributed by atoms with Crippen molar-refractivity contribution in [2.24, 2.45) is 50.7 Å². The molecule has 0 amide bonds. The highest BCUT2D eigenvalue weighted by Crippen LogP contribution is 2.76. The number of allylic oxidation sites excluding steroid dienone is 3. The first-order chi connectivity index (χ1) is 24.2. The molecule has 0 aromatic carbocycles. The van der Waals surface area contributed by atoms with Crippen molar-refractivity contribution in [3.8, 4) is 0 Å². The number of hydrogen-bond donors (Lipinski definition) is 7. The Morgan fingerprint density at radius 1 is 0.808 bits per heavy atom. The van der Waals surface area contributed by atoms with Gasteiger partial charge in [-0.15, -0.1) is 0 Å². The molecule has 7 N–H and O–H groups in total. The van der Waals surface area contributed by atoms with Crippen LogP contribution in [-0.4, -0.2) is 110 Å². The Hall–Kier alpha value is -1.45. The summed E-state index contributed by atoms with van der Waals surface area (Å²) in [6.45, 7) is 18.5. The van der Waals surface area contributed by atoms with Gasteiger partial charge in [-0.05, 0) is 97.2 Å². The molecule has 18 atom stereocenters. The number of aliphatic hydroxyl groups excluding tert-OH is 7. The summed E-state index contributed by atoms with van der Waals surface area (Å²) in [7, 11) is 0. The molecule has 12 nitrogen and oxygen atoms in total. The molecule has 18 unspecified atom stereocenters. The van der Waals surface area contributed by atoms with E-state index in [1.165, 1.54) is 5.57 Å². The van der Waals surface area contributed by atoms with E-state index in [2.05, 4.69) is 54.2 Å². The third-order valence-corrected chi connectivity index (χ3v) is 16.3. The average molecular weight is 735 g/mol. The summed E-state index contributed by atoms with van der Waals surface area (Å²) in [4.78, 5) is 14.4. The van der Waals surface area contributed by atoms with Gasteiger partial charge in [0, 0.05) is 5.92 Å². The van der Waals surface area contributed by atoms with Gasteiger partial charge in [-0.3, -0.25) is 4.79 Å². The molecule has 52 heavy (non-hydrogen) atoms. The minimum atomic E-state index is -1.81. The van der Waals surface area contributed by atoms with E-state index in [4.69, 9.17) is 18.9 Å². The van der Waals surface area contributed by atoms with E-state index >= 15 is 0 Å². The zero-order valence-corrected chi connectivity index (χ0v) is 31.6. The smallest absolute Gasteiger partial charge is 0.315 e. The standard InChI is InChI=1S/C40H62O12/c1-19-10-15-40(35(48)52-34-31(46)28(43)29(44)32(47)51-34)17-16-38(6)21(26(40)20(19)2)8-9-24-37(5)13-12-25(36(3,4)23(37)11-14-39(24,38)7)50-33-30(45)27(42)22(41)18-49-33/h8,19,22-34,41-47H,2,9-18H2,1,3-7H3. The van der Waals surface area contributed by atoms with Crippen LogP contribution in [-0.2, 0) is 23.7 Å². The van der Waals surface area contributed by atoms with Gasteiger partial charge in [0.1, 0.15) is 36.6 Å². The lowest BCUT2D eigenvalue weighted by Gasteiger charge is -2.71. The predicted molar refractivity (Wildman–Crippen MR) is 187 cm³/mol. The van der Waals surface area contributed by atoms with E-state index in [0.29, 0.717) is 24.7 Å². The molecule has 2 aliphatic heterocycles. The second kappa shape index (κ2) is 13.1. The van der Waals surface area contributed by atoms with Gasteiger partial charge in [0.25, 0.3) is 0 Å². The van der Waals surface area contributed by atoms with Crippen molar-refractivity contribution in [2.75, 3.05) is 6.61 Å². The number of carbonyl (C=O) groups is 1. The molecule has 294 valence electrons. The van der Waals surface area contributed by atoms with Crippen LogP contribution in [0.25, 0.3) is 0 Å². The van der Waals surface area contributed by atoms with Gasteiger partial charge < -0.3 is 54.7 Å². The van der Waals surface area contributed by atoms with Crippen molar-refractivity contribution < 1.29 is 59.5 Å². The molecule has 0 aromatic rings. The molecule has 0 radical (unpaired) electrons. The summed E-state index contributed by atoms with van der Waals surface area (Å²) < 4.78 is 23.3. The van der Waals surface area contributed by atoms with E-state index in [9.17, 15) is 40.5 Å². The Bertz CT molecular complexity index is 1450. The molecule has 7 aliphatic rings. The molecule has 7 rings (SSSR count). The molecule has 0 aromatic heterocycles. The lowest BCUT2D eigenvalue weighted by atomic mass is 9.33. The van der Waals surface area contributed by atoms with Crippen molar-refractivity contribution in [1.29, 1.82) is 0 Å². The van der Waals surface area contributed by atoms with Crippen LogP contribution >= 0.6 is 0 Å². The maximum absolute atomic E-state index is 14.4. The topological polar surface area (TPSA) is 196 Å². The maximum Gasteiger partial charge on any atom is 0.315 e. The number of ether oxygens (including phenoxy) is 4. The number of fused-ring (bicyclic) bond motifs is 7. The number of hydrogen-bond acceptors (Lipinski definition) is 12. The van der Waals surface area contributed by atoms with E-state index < -0.39 is 66.9 Å². The van der Waals surface area contributed by atoms with Crippen LogP contribution in [0, 0.1) is 50.7 Å². The van der Waals surface area contributed by atoms with Gasteiger partial charge >= 0.3 is 5.97 Å². The van der Waals surface area contributed by atoms with Crippen molar-refractivity contribution in [3.05, 3.63) is 23.8 Å². The Labute approximate surface area is 307 Å². The van der Waals surface area contributed by atoms with E-state index in [1.54, 1.807) is 0 Å². The summed E-state index contributed by atoms with van der Waals surface area (Å²) in [5.74, 6) is 0.0550. The van der Waals surface area contributed by atoms with Crippen molar-refractivity contribution in [3.63, 3.8) is 0 Å². The second-order valence-electron chi connectivity index (χ2n) is 18.9. The Morgan fingerprint density at radius 3 is 2.21 bits per heavy atom. The van der Waals surface area contributed by atoms with Crippen LogP contribution in [0.15, 0.2) is 23.8 Å². The van der Waals surface area contributed by atoms with Crippen LogP contribution < -0.4 is 0 Å². The molecule has 6 fully saturated rings. The zero-order valence-electron chi connectivity index (χ0n) is 31.6. The fourth-order valence-electron chi connectivity index (χ4n) is 12.8. The summed E-state index contributed by atoms with van der Waals surface area (Å²) >= 11 is 0. The Kier molecular flexibility index (Phi) is 9.75. The van der Waals surface area contributed by atoms with Gasteiger partial charge in [-0.25, -0.2) is 0 Å².